The van der Waals surface area contributed by atoms with Crippen LogP contribution in [0.4, 0.5) is 0 Å². The van der Waals surface area contributed by atoms with Crippen LogP contribution >= 0.6 is 0 Å². The third-order valence-electron chi connectivity index (χ3n) is 4.40. The first-order valence-corrected chi connectivity index (χ1v) is 9.02. The highest BCUT2D eigenvalue weighted by molar-refractivity contribution is 5.90. The Morgan fingerprint density at radius 2 is 1.73 bits per heavy atom. The largest absolute Gasteiger partial charge is 0.378 e. The predicted octanol–water partition coefficient (Wildman–Crippen LogP) is 0.242. The van der Waals surface area contributed by atoms with Gasteiger partial charge < -0.3 is 19.7 Å². The van der Waals surface area contributed by atoms with Gasteiger partial charge in [-0.1, -0.05) is 13.8 Å². The monoisotopic (exact) mass is 369 g/mol. The van der Waals surface area contributed by atoms with E-state index in [1.807, 2.05) is 0 Å². The number of amides is 3. The number of hydrogen-bond donors (Lipinski definition) is 1. The number of ether oxygens (including phenoxy) is 2. The number of carbonyl (C=O) groups is 3. The van der Waals surface area contributed by atoms with Crippen LogP contribution in [0.5, 0.6) is 0 Å². The van der Waals surface area contributed by atoms with Crippen LogP contribution in [0.3, 0.4) is 0 Å². The molecule has 2 unspecified atom stereocenters. The molecule has 0 spiro atoms. The lowest BCUT2D eigenvalue weighted by atomic mass is 10.0. The number of carbonyl (C=O) groups excluding carboxylic acids is 3. The normalized spacial score (nSPS) is 20.4. The van der Waals surface area contributed by atoms with Crippen LogP contribution in [-0.4, -0.2) is 80.6 Å². The molecule has 2 atom stereocenters. The number of likely N-dealkylation sites (tertiary alicyclic amines) is 1. The number of imide groups is 1. The number of rotatable bonds is 12. The first kappa shape index (κ1) is 22.3. The van der Waals surface area contributed by atoms with Gasteiger partial charge in [-0.3, -0.25) is 19.3 Å². The van der Waals surface area contributed by atoms with Gasteiger partial charge in [-0.2, -0.15) is 0 Å². The minimum atomic E-state index is -0.457. The molecule has 0 aromatic carbocycles. The van der Waals surface area contributed by atoms with Gasteiger partial charge in [-0.05, 0) is 11.8 Å². The van der Waals surface area contributed by atoms with Crippen molar-refractivity contribution in [2.24, 2.45) is 11.8 Å². The lowest BCUT2D eigenvalue weighted by molar-refractivity contribution is -0.133. The molecule has 1 heterocycles. The number of nitrogens with one attached hydrogen (secondary N) is 1. The molecule has 1 rings (SSSR count). The molecule has 26 heavy (non-hydrogen) atoms. The summed E-state index contributed by atoms with van der Waals surface area (Å²) in [6, 6.07) is 0. The first-order valence-electron chi connectivity index (χ1n) is 9.02. The minimum absolute atomic E-state index is 0.341. The average Bonchev–Trinajstić information content (AvgIpc) is 2.91. The highest BCUT2D eigenvalue weighted by atomic mass is 16.5. The zero-order valence-electron chi connectivity index (χ0n) is 16.0. The van der Waals surface area contributed by atoms with Crippen molar-refractivity contribution in [2.45, 2.75) is 20.8 Å². The summed E-state index contributed by atoms with van der Waals surface area (Å²) in [4.78, 5) is 36.2. The summed E-state index contributed by atoms with van der Waals surface area (Å²) in [6.07, 6.45) is 2.60. The van der Waals surface area contributed by atoms with Crippen LogP contribution < -0.4 is 5.32 Å². The molecule has 0 radical (unpaired) electrons. The first-order chi connectivity index (χ1) is 12.4. The zero-order chi connectivity index (χ0) is 19.4. The molecule has 1 N–H and O–H groups in total. The Labute approximate surface area is 155 Å². The van der Waals surface area contributed by atoms with E-state index in [-0.39, 0.29) is 0 Å². The van der Waals surface area contributed by atoms with Crippen LogP contribution in [0.25, 0.3) is 0 Å². The Morgan fingerprint density at radius 3 is 2.31 bits per heavy atom. The van der Waals surface area contributed by atoms with Gasteiger partial charge >= 0.3 is 0 Å². The second-order valence-electron chi connectivity index (χ2n) is 6.58. The molecular weight excluding hydrogens is 338 g/mol. The van der Waals surface area contributed by atoms with E-state index in [0.29, 0.717) is 39.4 Å². The zero-order valence-corrected chi connectivity index (χ0v) is 16.0. The maximum absolute atomic E-state index is 11.5. The van der Waals surface area contributed by atoms with E-state index in [1.165, 1.54) is 6.92 Å². The van der Waals surface area contributed by atoms with Crippen molar-refractivity contribution in [1.82, 2.24) is 15.1 Å². The molecule has 3 amide bonds. The Hall–Kier alpha value is -1.77. The summed E-state index contributed by atoms with van der Waals surface area (Å²) in [5.41, 5.74) is 0. The van der Waals surface area contributed by atoms with Gasteiger partial charge in [0, 0.05) is 45.4 Å². The highest BCUT2D eigenvalue weighted by Crippen LogP contribution is 2.21. The van der Waals surface area contributed by atoms with Crippen molar-refractivity contribution in [1.29, 1.82) is 0 Å². The highest BCUT2D eigenvalue weighted by Gasteiger charge is 2.25. The topological polar surface area (TPSA) is 88.2 Å². The smallest absolute Gasteiger partial charge is 0.245 e. The molecule has 1 saturated heterocycles. The standard InChI is InChI=1S/C18H31N3O5/c1-15-12-20(13-16(15)2)7-9-26-11-10-25-8-5-19-18(24)4-6-21(14-22)17(3)23/h4,6,14-16H,5,7-13H2,1-3H3,(H,19,24)/b6-4+. The molecule has 0 aliphatic carbocycles. The summed E-state index contributed by atoms with van der Waals surface area (Å²) in [5.74, 6) is 0.660. The van der Waals surface area contributed by atoms with Crippen LogP contribution in [0, 0.1) is 11.8 Å². The molecule has 0 aromatic rings. The van der Waals surface area contributed by atoms with E-state index in [9.17, 15) is 14.4 Å². The summed E-state index contributed by atoms with van der Waals surface area (Å²) in [6.45, 7) is 11.5. The van der Waals surface area contributed by atoms with Gasteiger partial charge in [0.15, 0.2) is 0 Å². The van der Waals surface area contributed by atoms with Gasteiger partial charge in [0.25, 0.3) is 0 Å². The fraction of sp³-hybridized carbons (Fsp3) is 0.722. The lowest BCUT2D eigenvalue weighted by Gasteiger charge is -2.15. The maximum atomic E-state index is 11.5. The summed E-state index contributed by atoms with van der Waals surface area (Å²) in [7, 11) is 0. The quantitative estimate of drug-likeness (QED) is 0.301. The van der Waals surface area contributed by atoms with Crippen molar-refractivity contribution in [2.75, 3.05) is 52.6 Å². The Bertz CT molecular complexity index is 473. The molecular formula is C18H31N3O5. The van der Waals surface area contributed by atoms with E-state index in [2.05, 4.69) is 24.1 Å². The van der Waals surface area contributed by atoms with Crippen LogP contribution in [0.15, 0.2) is 12.3 Å². The SMILES string of the molecule is CC(=O)N(C=O)/C=C/C(=O)NCCOCCOCCN1CC(C)C(C)C1. The van der Waals surface area contributed by atoms with E-state index in [0.717, 1.165) is 48.6 Å². The Morgan fingerprint density at radius 1 is 1.12 bits per heavy atom. The molecule has 1 aliphatic heterocycles. The van der Waals surface area contributed by atoms with Crippen molar-refractivity contribution in [3.05, 3.63) is 12.3 Å². The Balaban J connectivity index is 1.94. The Kier molecular flexibility index (Phi) is 10.8. The van der Waals surface area contributed by atoms with Crippen LogP contribution in [0.2, 0.25) is 0 Å². The second kappa shape index (κ2) is 12.6. The second-order valence-corrected chi connectivity index (χ2v) is 6.58. The van der Waals surface area contributed by atoms with Crippen molar-refractivity contribution < 1.29 is 23.9 Å². The van der Waals surface area contributed by atoms with E-state index in [4.69, 9.17) is 9.47 Å². The molecule has 0 aromatic heterocycles. The van der Waals surface area contributed by atoms with E-state index in [1.54, 1.807) is 0 Å². The third kappa shape index (κ3) is 9.07. The van der Waals surface area contributed by atoms with Crippen LogP contribution in [0.1, 0.15) is 20.8 Å². The molecule has 1 fully saturated rings. The molecule has 8 nitrogen and oxygen atoms in total. The summed E-state index contributed by atoms with van der Waals surface area (Å²) < 4.78 is 10.9. The van der Waals surface area contributed by atoms with Gasteiger partial charge in [-0.15, -0.1) is 0 Å². The average molecular weight is 369 g/mol. The van der Waals surface area contributed by atoms with E-state index < -0.39 is 11.8 Å². The molecule has 8 heteroatoms. The van der Waals surface area contributed by atoms with Crippen molar-refractivity contribution in [3.8, 4) is 0 Å². The summed E-state index contributed by atoms with van der Waals surface area (Å²) in [5, 5.41) is 2.60. The predicted molar refractivity (Wildman–Crippen MR) is 97.1 cm³/mol. The van der Waals surface area contributed by atoms with Gasteiger partial charge in [0.05, 0.1) is 26.4 Å². The fourth-order valence-electron chi connectivity index (χ4n) is 2.61. The van der Waals surface area contributed by atoms with Gasteiger partial charge in [-0.25, -0.2) is 0 Å². The molecule has 1 aliphatic rings. The lowest BCUT2D eigenvalue weighted by Crippen LogP contribution is -2.28. The van der Waals surface area contributed by atoms with Gasteiger partial charge in [0.1, 0.15) is 0 Å². The van der Waals surface area contributed by atoms with Gasteiger partial charge in [0.2, 0.25) is 18.2 Å². The molecule has 0 bridgehead atoms. The fourth-order valence-corrected chi connectivity index (χ4v) is 2.61. The van der Waals surface area contributed by atoms with E-state index >= 15 is 0 Å². The minimum Gasteiger partial charge on any atom is -0.378 e. The third-order valence-corrected chi connectivity index (χ3v) is 4.40. The maximum Gasteiger partial charge on any atom is 0.245 e. The molecule has 148 valence electrons. The van der Waals surface area contributed by atoms with Crippen molar-refractivity contribution >= 4 is 18.2 Å². The number of hydrogen-bond acceptors (Lipinski definition) is 6. The number of nitrogens with zero attached hydrogens (tertiary/aromatic N) is 2. The van der Waals surface area contributed by atoms with Crippen LogP contribution in [-0.2, 0) is 23.9 Å². The van der Waals surface area contributed by atoms with Crippen molar-refractivity contribution in [3.63, 3.8) is 0 Å². The molecule has 0 saturated carbocycles. The summed E-state index contributed by atoms with van der Waals surface area (Å²) >= 11 is 0.